The van der Waals surface area contributed by atoms with E-state index in [1.807, 2.05) is 0 Å². The van der Waals surface area contributed by atoms with Crippen molar-refractivity contribution in [3.05, 3.63) is 83.9 Å². The molecule has 0 aliphatic carbocycles. The second-order valence-electron chi connectivity index (χ2n) is 7.10. The smallest absolute Gasteiger partial charge is 0.339 e. The van der Waals surface area contributed by atoms with Crippen molar-refractivity contribution in [2.45, 2.75) is 17.4 Å². The number of amides is 1. The fraction of sp³-hybridized carbons (Fsp3) is 0.130. The minimum absolute atomic E-state index is 0.0104. The number of anilines is 2. The first-order valence-corrected chi connectivity index (χ1v) is 11.2. The molecule has 3 aromatic carbocycles. The van der Waals surface area contributed by atoms with Crippen LogP contribution in [0.1, 0.15) is 28.4 Å². The van der Waals surface area contributed by atoms with E-state index in [2.05, 4.69) is 10.0 Å². The largest absolute Gasteiger partial charge is 0.497 e. The first-order valence-electron chi connectivity index (χ1n) is 9.72. The van der Waals surface area contributed by atoms with Crippen LogP contribution in [0.5, 0.6) is 5.75 Å². The molecule has 0 fully saturated rings. The number of fused-ring (bicyclic) bond motifs is 1. The molecule has 2 N–H and O–H groups in total. The number of sulfonamides is 1. The third-order valence-electron chi connectivity index (χ3n) is 4.92. The highest BCUT2D eigenvalue weighted by atomic mass is 32.2. The van der Waals surface area contributed by atoms with Crippen LogP contribution in [0.15, 0.2) is 77.7 Å². The van der Waals surface area contributed by atoms with Crippen molar-refractivity contribution < 1.29 is 27.5 Å². The van der Waals surface area contributed by atoms with Gasteiger partial charge in [-0.1, -0.05) is 24.3 Å². The zero-order valence-electron chi connectivity index (χ0n) is 17.1. The average Bonchev–Trinajstić information content (AvgIpc) is 3.09. The highest BCUT2D eigenvalue weighted by molar-refractivity contribution is 7.92. The highest BCUT2D eigenvalue weighted by Crippen LogP contribution is 2.33. The Kier molecular flexibility index (Phi) is 5.83. The number of rotatable bonds is 7. The van der Waals surface area contributed by atoms with E-state index >= 15 is 0 Å². The monoisotopic (exact) mass is 452 g/mol. The van der Waals surface area contributed by atoms with E-state index in [1.54, 1.807) is 54.6 Å². The summed E-state index contributed by atoms with van der Waals surface area (Å²) in [6, 6.07) is 19.3. The lowest BCUT2D eigenvalue weighted by Gasteiger charge is -2.13. The van der Waals surface area contributed by atoms with Gasteiger partial charge in [-0.05, 0) is 48.5 Å². The molecule has 1 amide bonds. The SMILES string of the molecule is COc1ccc(NS(=O)(=O)c2cccc(NC(=O)C[C@@H]3OC(=O)c4ccccc43)c2)cc1. The van der Waals surface area contributed by atoms with Gasteiger partial charge in [0, 0.05) is 16.9 Å². The number of esters is 1. The number of nitrogens with one attached hydrogen (secondary N) is 2. The summed E-state index contributed by atoms with van der Waals surface area (Å²) < 4.78 is 38.3. The molecule has 9 heteroatoms. The maximum absolute atomic E-state index is 12.7. The first-order chi connectivity index (χ1) is 15.4. The van der Waals surface area contributed by atoms with Gasteiger partial charge >= 0.3 is 5.97 Å². The molecular weight excluding hydrogens is 432 g/mol. The Hall–Kier alpha value is -3.85. The van der Waals surface area contributed by atoms with Crippen LogP contribution in [0.3, 0.4) is 0 Å². The van der Waals surface area contributed by atoms with Crippen LogP contribution in [-0.4, -0.2) is 27.4 Å². The molecule has 32 heavy (non-hydrogen) atoms. The van der Waals surface area contributed by atoms with Gasteiger partial charge in [-0.15, -0.1) is 0 Å². The fourth-order valence-corrected chi connectivity index (χ4v) is 4.47. The number of cyclic esters (lactones) is 1. The number of ether oxygens (including phenoxy) is 2. The van der Waals surface area contributed by atoms with Crippen LogP contribution in [-0.2, 0) is 19.6 Å². The Morgan fingerprint density at radius 1 is 1.00 bits per heavy atom. The average molecular weight is 452 g/mol. The lowest BCUT2D eigenvalue weighted by atomic mass is 10.0. The molecule has 1 aliphatic rings. The van der Waals surface area contributed by atoms with Gasteiger partial charge in [0.15, 0.2) is 0 Å². The van der Waals surface area contributed by atoms with Gasteiger partial charge < -0.3 is 14.8 Å². The Bertz CT molecular complexity index is 1270. The van der Waals surface area contributed by atoms with E-state index in [1.165, 1.54) is 25.3 Å². The van der Waals surface area contributed by atoms with Crippen LogP contribution in [0.2, 0.25) is 0 Å². The molecular formula is C23H20N2O6S. The van der Waals surface area contributed by atoms with Gasteiger partial charge in [0.1, 0.15) is 11.9 Å². The predicted octanol–water partition coefficient (Wildman–Crippen LogP) is 3.74. The molecule has 4 rings (SSSR count). The zero-order valence-corrected chi connectivity index (χ0v) is 17.9. The lowest BCUT2D eigenvalue weighted by molar-refractivity contribution is -0.118. The minimum Gasteiger partial charge on any atom is -0.497 e. The van der Waals surface area contributed by atoms with Crippen molar-refractivity contribution >= 4 is 33.3 Å². The Labute approximate surface area is 185 Å². The van der Waals surface area contributed by atoms with Crippen LogP contribution < -0.4 is 14.8 Å². The van der Waals surface area contributed by atoms with Crippen LogP contribution in [0, 0.1) is 0 Å². The van der Waals surface area contributed by atoms with Crippen molar-refractivity contribution in [2.75, 3.05) is 17.1 Å². The molecule has 0 bridgehead atoms. The molecule has 164 valence electrons. The van der Waals surface area contributed by atoms with Gasteiger partial charge in [0.25, 0.3) is 10.0 Å². The maximum Gasteiger partial charge on any atom is 0.339 e. The summed E-state index contributed by atoms with van der Waals surface area (Å²) in [7, 11) is -2.35. The number of hydrogen-bond donors (Lipinski definition) is 2. The summed E-state index contributed by atoms with van der Waals surface area (Å²) >= 11 is 0. The van der Waals surface area contributed by atoms with E-state index in [0.717, 1.165) is 0 Å². The molecule has 1 heterocycles. The molecule has 1 aliphatic heterocycles. The van der Waals surface area contributed by atoms with Gasteiger partial charge in [0.05, 0.1) is 24.0 Å². The summed E-state index contributed by atoms with van der Waals surface area (Å²) in [4.78, 5) is 24.4. The summed E-state index contributed by atoms with van der Waals surface area (Å²) in [6.45, 7) is 0. The second-order valence-corrected chi connectivity index (χ2v) is 8.78. The number of benzene rings is 3. The highest BCUT2D eigenvalue weighted by Gasteiger charge is 2.32. The van der Waals surface area contributed by atoms with Gasteiger partial charge in [-0.3, -0.25) is 9.52 Å². The van der Waals surface area contributed by atoms with E-state index in [-0.39, 0.29) is 11.3 Å². The number of carbonyl (C=O) groups is 2. The third kappa shape index (κ3) is 4.57. The second kappa shape index (κ2) is 8.72. The molecule has 0 aromatic heterocycles. The summed E-state index contributed by atoms with van der Waals surface area (Å²) in [5, 5.41) is 2.67. The number of carbonyl (C=O) groups excluding carboxylic acids is 2. The standard InChI is InChI=1S/C23H20N2O6S/c1-30-17-11-9-15(10-12-17)25-32(28,29)18-6-4-5-16(13-18)24-22(26)14-21-19-7-2-3-8-20(19)23(27)31-21/h2-13,21,25H,14H2,1H3,(H,24,26)/t21-/m0/s1. The van der Waals surface area contributed by atoms with Gasteiger partial charge in [-0.2, -0.15) is 0 Å². The minimum atomic E-state index is -3.87. The van der Waals surface area contributed by atoms with E-state index in [9.17, 15) is 18.0 Å². The Morgan fingerprint density at radius 3 is 2.50 bits per heavy atom. The fourth-order valence-electron chi connectivity index (χ4n) is 3.37. The first kappa shape index (κ1) is 21.4. The summed E-state index contributed by atoms with van der Waals surface area (Å²) in [6.07, 6.45) is -0.758. The number of hydrogen-bond acceptors (Lipinski definition) is 6. The van der Waals surface area contributed by atoms with Gasteiger partial charge in [0.2, 0.25) is 5.91 Å². The summed E-state index contributed by atoms with van der Waals surface area (Å²) in [5.41, 5.74) is 1.79. The van der Waals surface area contributed by atoms with Gasteiger partial charge in [-0.25, -0.2) is 13.2 Å². The van der Waals surface area contributed by atoms with E-state index in [0.29, 0.717) is 28.3 Å². The molecule has 0 saturated heterocycles. The third-order valence-corrected chi connectivity index (χ3v) is 6.30. The Morgan fingerprint density at radius 2 is 1.75 bits per heavy atom. The topological polar surface area (TPSA) is 111 Å². The normalized spacial score (nSPS) is 14.9. The van der Waals surface area contributed by atoms with Crippen molar-refractivity contribution in [1.82, 2.24) is 0 Å². The van der Waals surface area contributed by atoms with Crippen LogP contribution in [0.25, 0.3) is 0 Å². The zero-order chi connectivity index (χ0) is 22.7. The molecule has 0 spiro atoms. The van der Waals surface area contributed by atoms with Crippen molar-refractivity contribution in [3.63, 3.8) is 0 Å². The molecule has 1 atom stereocenters. The number of methoxy groups -OCH3 is 1. The molecule has 0 unspecified atom stereocenters. The molecule has 0 radical (unpaired) electrons. The van der Waals surface area contributed by atoms with Crippen molar-refractivity contribution in [3.8, 4) is 5.75 Å². The lowest BCUT2D eigenvalue weighted by Crippen LogP contribution is -2.17. The van der Waals surface area contributed by atoms with Crippen LogP contribution >= 0.6 is 0 Å². The van der Waals surface area contributed by atoms with Crippen molar-refractivity contribution in [2.24, 2.45) is 0 Å². The summed E-state index contributed by atoms with van der Waals surface area (Å²) in [5.74, 6) is -0.263. The van der Waals surface area contributed by atoms with E-state index in [4.69, 9.17) is 9.47 Å². The molecule has 3 aromatic rings. The molecule has 8 nitrogen and oxygen atoms in total. The predicted molar refractivity (Wildman–Crippen MR) is 118 cm³/mol. The van der Waals surface area contributed by atoms with Crippen molar-refractivity contribution in [1.29, 1.82) is 0 Å². The molecule has 0 saturated carbocycles. The van der Waals surface area contributed by atoms with E-state index < -0.39 is 28.0 Å². The van der Waals surface area contributed by atoms with Crippen LogP contribution in [0.4, 0.5) is 11.4 Å². The Balaban J connectivity index is 1.44. The quantitative estimate of drug-likeness (QED) is 0.529. The maximum atomic E-state index is 12.7.